The SMILES string of the molecule is Cc1cccnc1C(O)Cc1cccc(O)c1. The largest absolute Gasteiger partial charge is 0.508 e. The van der Waals surface area contributed by atoms with Crippen LogP contribution in [0.15, 0.2) is 42.6 Å². The Bertz CT molecular complexity index is 511. The number of pyridine rings is 1. The molecule has 1 aromatic heterocycles. The summed E-state index contributed by atoms with van der Waals surface area (Å²) >= 11 is 0. The van der Waals surface area contributed by atoms with E-state index in [9.17, 15) is 10.2 Å². The predicted octanol–water partition coefficient (Wildman–Crippen LogP) is 2.37. The smallest absolute Gasteiger partial charge is 0.115 e. The van der Waals surface area contributed by atoms with Crippen molar-refractivity contribution in [1.29, 1.82) is 0 Å². The van der Waals surface area contributed by atoms with Crippen LogP contribution in [0, 0.1) is 6.92 Å². The topological polar surface area (TPSA) is 53.4 Å². The molecular formula is C14H15NO2. The zero-order chi connectivity index (χ0) is 12.3. The number of benzene rings is 1. The lowest BCUT2D eigenvalue weighted by molar-refractivity contribution is 0.173. The first kappa shape index (κ1) is 11.6. The van der Waals surface area contributed by atoms with E-state index in [-0.39, 0.29) is 5.75 Å². The standard InChI is InChI=1S/C14H15NO2/c1-10-4-3-7-15-14(10)13(17)9-11-5-2-6-12(16)8-11/h2-8,13,16-17H,9H2,1H3. The number of aliphatic hydroxyl groups excluding tert-OH is 1. The van der Waals surface area contributed by atoms with Crippen molar-refractivity contribution in [2.24, 2.45) is 0 Å². The van der Waals surface area contributed by atoms with Gasteiger partial charge in [-0.3, -0.25) is 4.98 Å². The van der Waals surface area contributed by atoms with Crippen LogP contribution in [0.4, 0.5) is 0 Å². The van der Waals surface area contributed by atoms with Gasteiger partial charge in [-0.2, -0.15) is 0 Å². The first-order chi connectivity index (χ1) is 8.16. The molecule has 0 aliphatic heterocycles. The second-order valence-corrected chi connectivity index (χ2v) is 4.10. The number of phenolic OH excluding ortho intramolecular Hbond substituents is 1. The molecule has 17 heavy (non-hydrogen) atoms. The van der Waals surface area contributed by atoms with Gasteiger partial charge in [0.15, 0.2) is 0 Å². The Labute approximate surface area is 100 Å². The molecule has 0 bridgehead atoms. The zero-order valence-corrected chi connectivity index (χ0v) is 9.67. The molecule has 0 spiro atoms. The second-order valence-electron chi connectivity index (χ2n) is 4.10. The molecular weight excluding hydrogens is 214 g/mol. The van der Waals surface area contributed by atoms with Crippen LogP contribution in [0.2, 0.25) is 0 Å². The molecule has 2 aromatic rings. The fraction of sp³-hybridized carbons (Fsp3) is 0.214. The van der Waals surface area contributed by atoms with Crippen LogP contribution in [0.5, 0.6) is 5.75 Å². The highest BCUT2D eigenvalue weighted by atomic mass is 16.3. The van der Waals surface area contributed by atoms with Crippen molar-refractivity contribution in [3.05, 3.63) is 59.4 Å². The van der Waals surface area contributed by atoms with Gasteiger partial charge in [0.2, 0.25) is 0 Å². The molecule has 88 valence electrons. The fourth-order valence-corrected chi connectivity index (χ4v) is 1.85. The summed E-state index contributed by atoms with van der Waals surface area (Å²) in [4.78, 5) is 4.18. The minimum Gasteiger partial charge on any atom is -0.508 e. The summed E-state index contributed by atoms with van der Waals surface area (Å²) in [5.74, 6) is 0.215. The third-order valence-corrected chi connectivity index (χ3v) is 2.71. The first-order valence-corrected chi connectivity index (χ1v) is 5.54. The summed E-state index contributed by atoms with van der Waals surface area (Å²) in [6.07, 6.45) is 1.48. The molecule has 3 nitrogen and oxygen atoms in total. The molecule has 0 saturated carbocycles. The van der Waals surface area contributed by atoms with Crippen molar-refractivity contribution in [2.75, 3.05) is 0 Å². The maximum absolute atomic E-state index is 10.1. The summed E-state index contributed by atoms with van der Waals surface area (Å²) in [5.41, 5.74) is 2.55. The third kappa shape index (κ3) is 2.82. The highest BCUT2D eigenvalue weighted by Crippen LogP contribution is 2.21. The van der Waals surface area contributed by atoms with Crippen molar-refractivity contribution in [3.8, 4) is 5.75 Å². The molecule has 1 heterocycles. The number of aromatic nitrogens is 1. The van der Waals surface area contributed by atoms with E-state index in [2.05, 4.69) is 4.98 Å². The van der Waals surface area contributed by atoms with Gasteiger partial charge < -0.3 is 10.2 Å². The number of aryl methyl sites for hydroxylation is 1. The van der Waals surface area contributed by atoms with Gasteiger partial charge in [-0.05, 0) is 36.2 Å². The van der Waals surface area contributed by atoms with E-state index in [1.165, 1.54) is 0 Å². The summed E-state index contributed by atoms with van der Waals surface area (Å²) in [5, 5.41) is 19.5. The van der Waals surface area contributed by atoms with Gasteiger partial charge in [-0.25, -0.2) is 0 Å². The van der Waals surface area contributed by atoms with Gasteiger partial charge >= 0.3 is 0 Å². The van der Waals surface area contributed by atoms with E-state index in [1.807, 2.05) is 25.1 Å². The molecule has 1 unspecified atom stereocenters. The zero-order valence-electron chi connectivity index (χ0n) is 9.67. The van der Waals surface area contributed by atoms with Crippen LogP contribution in [0.25, 0.3) is 0 Å². The van der Waals surface area contributed by atoms with E-state index >= 15 is 0 Å². The van der Waals surface area contributed by atoms with Crippen molar-refractivity contribution in [2.45, 2.75) is 19.4 Å². The lowest BCUT2D eigenvalue weighted by atomic mass is 10.0. The average Bonchev–Trinajstić information content (AvgIpc) is 2.29. The van der Waals surface area contributed by atoms with Crippen molar-refractivity contribution in [1.82, 2.24) is 4.98 Å². The molecule has 0 aliphatic rings. The highest BCUT2D eigenvalue weighted by molar-refractivity contribution is 5.29. The lowest BCUT2D eigenvalue weighted by Crippen LogP contribution is -2.06. The molecule has 3 heteroatoms. The Hall–Kier alpha value is -1.87. The van der Waals surface area contributed by atoms with Crippen LogP contribution in [-0.2, 0) is 6.42 Å². The van der Waals surface area contributed by atoms with Crippen LogP contribution >= 0.6 is 0 Å². The van der Waals surface area contributed by atoms with Gasteiger partial charge in [0.25, 0.3) is 0 Å². The average molecular weight is 229 g/mol. The van der Waals surface area contributed by atoms with Crippen LogP contribution in [0.1, 0.15) is 22.9 Å². The minimum atomic E-state index is -0.641. The highest BCUT2D eigenvalue weighted by Gasteiger charge is 2.12. The Morgan fingerprint density at radius 1 is 1.24 bits per heavy atom. The lowest BCUT2D eigenvalue weighted by Gasteiger charge is -2.12. The van der Waals surface area contributed by atoms with Crippen molar-refractivity contribution >= 4 is 0 Å². The molecule has 1 aromatic carbocycles. The molecule has 0 amide bonds. The van der Waals surface area contributed by atoms with Gasteiger partial charge in [0, 0.05) is 12.6 Å². The third-order valence-electron chi connectivity index (χ3n) is 2.71. The predicted molar refractivity (Wildman–Crippen MR) is 65.7 cm³/mol. The number of rotatable bonds is 3. The number of hydrogen-bond acceptors (Lipinski definition) is 3. The van der Waals surface area contributed by atoms with E-state index in [1.54, 1.807) is 24.4 Å². The van der Waals surface area contributed by atoms with Gasteiger partial charge in [-0.15, -0.1) is 0 Å². The second kappa shape index (κ2) is 4.97. The Balaban J connectivity index is 2.17. The van der Waals surface area contributed by atoms with Crippen LogP contribution in [-0.4, -0.2) is 15.2 Å². The summed E-state index contributed by atoms with van der Waals surface area (Å²) in [6, 6.07) is 10.7. The molecule has 2 N–H and O–H groups in total. The van der Waals surface area contributed by atoms with E-state index in [4.69, 9.17) is 0 Å². The summed E-state index contributed by atoms with van der Waals surface area (Å²) in [7, 11) is 0. The molecule has 0 aliphatic carbocycles. The van der Waals surface area contributed by atoms with Gasteiger partial charge in [0.1, 0.15) is 11.9 Å². The number of hydrogen-bond donors (Lipinski definition) is 2. The number of nitrogens with zero attached hydrogens (tertiary/aromatic N) is 1. The summed E-state index contributed by atoms with van der Waals surface area (Å²) < 4.78 is 0. The maximum Gasteiger partial charge on any atom is 0.115 e. The Morgan fingerprint density at radius 3 is 2.76 bits per heavy atom. The number of aromatic hydroxyl groups is 1. The molecule has 0 fully saturated rings. The molecule has 2 rings (SSSR count). The molecule has 0 radical (unpaired) electrons. The van der Waals surface area contributed by atoms with E-state index in [0.717, 1.165) is 11.1 Å². The monoisotopic (exact) mass is 229 g/mol. The maximum atomic E-state index is 10.1. The van der Waals surface area contributed by atoms with E-state index < -0.39 is 6.10 Å². The summed E-state index contributed by atoms with van der Waals surface area (Å²) in [6.45, 7) is 1.92. The van der Waals surface area contributed by atoms with Crippen molar-refractivity contribution < 1.29 is 10.2 Å². The molecule has 1 atom stereocenters. The molecule has 0 saturated heterocycles. The number of aliphatic hydroxyl groups is 1. The first-order valence-electron chi connectivity index (χ1n) is 5.54. The Kier molecular flexibility index (Phi) is 3.40. The number of phenols is 1. The van der Waals surface area contributed by atoms with Crippen LogP contribution in [0.3, 0.4) is 0 Å². The van der Waals surface area contributed by atoms with Crippen LogP contribution < -0.4 is 0 Å². The normalized spacial score (nSPS) is 12.4. The van der Waals surface area contributed by atoms with Crippen molar-refractivity contribution in [3.63, 3.8) is 0 Å². The minimum absolute atomic E-state index is 0.215. The van der Waals surface area contributed by atoms with E-state index in [0.29, 0.717) is 12.1 Å². The quantitative estimate of drug-likeness (QED) is 0.849. The Morgan fingerprint density at radius 2 is 2.06 bits per heavy atom. The van der Waals surface area contributed by atoms with Gasteiger partial charge in [-0.1, -0.05) is 18.2 Å². The fourth-order valence-electron chi connectivity index (χ4n) is 1.85. The van der Waals surface area contributed by atoms with Gasteiger partial charge in [0.05, 0.1) is 5.69 Å².